The Morgan fingerprint density at radius 2 is 1.85 bits per heavy atom. The number of nitrogens with one attached hydrogen (secondary N) is 1. The highest BCUT2D eigenvalue weighted by Gasteiger charge is 2.40. The van der Waals surface area contributed by atoms with Gasteiger partial charge in [-0.2, -0.15) is 0 Å². The van der Waals surface area contributed by atoms with Gasteiger partial charge < -0.3 is 14.4 Å². The van der Waals surface area contributed by atoms with E-state index in [1.165, 1.54) is 6.07 Å². The molecule has 3 heterocycles. The Balaban J connectivity index is 1.32. The van der Waals surface area contributed by atoms with Crippen LogP contribution in [0.5, 0.6) is 5.75 Å². The van der Waals surface area contributed by atoms with Crippen LogP contribution >= 0.6 is 0 Å². The minimum absolute atomic E-state index is 0.121. The van der Waals surface area contributed by atoms with E-state index < -0.39 is 36.5 Å². The molecule has 0 saturated carbocycles. The van der Waals surface area contributed by atoms with Gasteiger partial charge in [-0.05, 0) is 29.6 Å². The van der Waals surface area contributed by atoms with Crippen LogP contribution in [0, 0.1) is 0 Å². The largest absolute Gasteiger partial charge is 0.489 e. The third-order valence-electron chi connectivity index (χ3n) is 5.86. The smallest absolute Gasteiger partial charge is 0.255 e. The molecule has 2 aromatic rings. The van der Waals surface area contributed by atoms with E-state index in [2.05, 4.69) is 4.90 Å². The Morgan fingerprint density at radius 1 is 1.09 bits per heavy atom. The topological polar surface area (TPSA) is 88.2 Å². The molecule has 3 aliphatic rings. The zero-order valence-corrected chi connectivity index (χ0v) is 17.9. The number of benzene rings is 2. The second kappa shape index (κ2) is 9.33. The molecule has 2 aromatic carbocycles. The molecule has 8 nitrogen and oxygen atoms in total. The molecule has 1 N–H and O–H groups in total. The van der Waals surface area contributed by atoms with E-state index in [0.29, 0.717) is 16.2 Å². The van der Waals surface area contributed by atoms with E-state index in [4.69, 9.17) is 16.3 Å². The molecule has 0 bridgehead atoms. The summed E-state index contributed by atoms with van der Waals surface area (Å²) in [6, 6.07) is 9.63. The number of morpholine rings is 1. The van der Waals surface area contributed by atoms with Crippen molar-refractivity contribution in [1.82, 2.24) is 15.1 Å². The van der Waals surface area contributed by atoms with Crippen molar-refractivity contribution < 1.29 is 30.7 Å². The van der Waals surface area contributed by atoms with E-state index in [0.717, 1.165) is 44.0 Å². The highest BCUT2D eigenvalue weighted by Crippen LogP contribution is 2.34. The molecule has 0 radical (unpaired) electrons. The van der Waals surface area contributed by atoms with Crippen molar-refractivity contribution in [3.8, 4) is 5.75 Å². The highest BCUT2D eigenvalue weighted by molar-refractivity contribution is 6.05. The Labute approximate surface area is 199 Å². The first-order chi connectivity index (χ1) is 18.0. The van der Waals surface area contributed by atoms with Gasteiger partial charge in [-0.3, -0.25) is 24.6 Å². The number of carbonyl (C=O) groups is 3. The zero-order valence-electron chi connectivity index (χ0n) is 22.9. The Bertz CT molecular complexity index is 1280. The molecular formula is C25H27N3O5. The molecule has 0 aliphatic carbocycles. The summed E-state index contributed by atoms with van der Waals surface area (Å²) >= 11 is 0. The van der Waals surface area contributed by atoms with Gasteiger partial charge in [0.05, 0.1) is 21.1 Å². The van der Waals surface area contributed by atoms with Crippen molar-refractivity contribution >= 4 is 17.7 Å². The molecule has 172 valence electrons. The SMILES string of the molecule is [2H]C1([2H])C(=O)NC(=O)C([2H])(N2Cc3c(OCc4ccc(CN5CCOCC5)cc4)cccc3C2=O)C1([2H])[2H]. The molecule has 1 atom stereocenters. The van der Waals surface area contributed by atoms with Gasteiger partial charge >= 0.3 is 0 Å². The molecule has 2 saturated heterocycles. The lowest BCUT2D eigenvalue weighted by molar-refractivity contribution is -0.136. The van der Waals surface area contributed by atoms with Gasteiger partial charge in [0.25, 0.3) is 5.91 Å². The first-order valence-corrected chi connectivity index (χ1v) is 10.8. The van der Waals surface area contributed by atoms with Crippen LogP contribution in [0.4, 0.5) is 0 Å². The average molecular weight is 455 g/mol. The summed E-state index contributed by atoms with van der Waals surface area (Å²) in [4.78, 5) is 40.9. The van der Waals surface area contributed by atoms with Gasteiger partial charge in [-0.1, -0.05) is 30.3 Å². The summed E-state index contributed by atoms with van der Waals surface area (Å²) in [6.45, 7) is 3.90. The quantitative estimate of drug-likeness (QED) is 0.671. The maximum Gasteiger partial charge on any atom is 0.255 e. The Kier molecular flexibility index (Phi) is 4.63. The number of piperidine rings is 1. The van der Waals surface area contributed by atoms with E-state index in [1.54, 1.807) is 17.4 Å². The third-order valence-corrected chi connectivity index (χ3v) is 5.86. The standard InChI is InChI=1S/C25H27N3O5/c29-23-9-8-21(24(30)26-23)28-15-20-19(25(28)31)2-1-3-22(20)33-16-18-6-4-17(5-7-18)14-27-10-12-32-13-11-27/h1-7,21H,8-16H2,(H,26,29,30)/i8D2,9D2,21D. The first-order valence-electron chi connectivity index (χ1n) is 13.3. The number of amides is 3. The van der Waals surface area contributed by atoms with E-state index in [1.807, 2.05) is 24.3 Å². The van der Waals surface area contributed by atoms with Gasteiger partial charge in [-0.25, -0.2) is 0 Å². The zero-order chi connectivity index (χ0) is 27.3. The first kappa shape index (κ1) is 16.4. The molecule has 3 amide bonds. The van der Waals surface area contributed by atoms with E-state index in [9.17, 15) is 14.4 Å². The number of fused-ring (bicyclic) bond motifs is 1. The van der Waals surface area contributed by atoms with Crippen LogP contribution in [0.3, 0.4) is 0 Å². The number of nitrogens with zero attached hydrogens (tertiary/aromatic N) is 2. The summed E-state index contributed by atoms with van der Waals surface area (Å²) in [5.41, 5.74) is 2.53. The average Bonchev–Trinajstić information content (AvgIpc) is 3.24. The summed E-state index contributed by atoms with van der Waals surface area (Å²) in [5, 5.41) is 1.72. The number of hydrogen-bond acceptors (Lipinski definition) is 6. The fraction of sp³-hybridized carbons (Fsp3) is 0.400. The molecule has 2 fully saturated rings. The molecule has 33 heavy (non-hydrogen) atoms. The highest BCUT2D eigenvalue weighted by atomic mass is 16.5. The molecule has 5 rings (SSSR count). The minimum Gasteiger partial charge on any atom is -0.489 e. The fourth-order valence-corrected chi connectivity index (χ4v) is 4.10. The lowest BCUT2D eigenvalue weighted by Crippen LogP contribution is -2.52. The van der Waals surface area contributed by atoms with Crippen LogP contribution in [0.15, 0.2) is 42.5 Å². The lowest BCUT2D eigenvalue weighted by atomic mass is 10.0. The van der Waals surface area contributed by atoms with Crippen molar-refractivity contribution in [2.24, 2.45) is 0 Å². The second-order valence-corrected chi connectivity index (χ2v) is 8.05. The van der Waals surface area contributed by atoms with Gasteiger partial charge in [0.2, 0.25) is 11.8 Å². The third kappa shape index (κ3) is 4.62. The van der Waals surface area contributed by atoms with E-state index in [-0.39, 0.29) is 18.7 Å². The summed E-state index contributed by atoms with van der Waals surface area (Å²) < 4.78 is 52.3. The fourth-order valence-electron chi connectivity index (χ4n) is 4.10. The Morgan fingerprint density at radius 3 is 2.64 bits per heavy atom. The van der Waals surface area contributed by atoms with Crippen molar-refractivity contribution in [3.05, 3.63) is 64.7 Å². The maximum absolute atomic E-state index is 13.2. The molecule has 0 aromatic heterocycles. The predicted molar refractivity (Wildman–Crippen MR) is 119 cm³/mol. The number of imide groups is 1. The summed E-state index contributed by atoms with van der Waals surface area (Å²) in [6.07, 6.45) is -6.54. The van der Waals surface area contributed by atoms with Crippen LogP contribution in [0.2, 0.25) is 0 Å². The van der Waals surface area contributed by atoms with Crippen molar-refractivity contribution in [2.75, 3.05) is 26.3 Å². The summed E-state index contributed by atoms with van der Waals surface area (Å²) in [7, 11) is 0. The van der Waals surface area contributed by atoms with Gasteiger partial charge in [0, 0.05) is 42.6 Å². The van der Waals surface area contributed by atoms with Crippen LogP contribution in [0.25, 0.3) is 0 Å². The van der Waals surface area contributed by atoms with Crippen molar-refractivity contribution in [2.45, 2.75) is 38.5 Å². The molecular weight excluding hydrogens is 422 g/mol. The molecule has 3 aliphatic heterocycles. The van der Waals surface area contributed by atoms with Crippen LogP contribution in [-0.4, -0.2) is 59.8 Å². The number of ether oxygens (including phenoxy) is 2. The molecule has 1 unspecified atom stereocenters. The number of carbonyl (C=O) groups excluding carboxylic acids is 3. The van der Waals surface area contributed by atoms with Gasteiger partial charge in [0.1, 0.15) is 18.4 Å². The van der Waals surface area contributed by atoms with Gasteiger partial charge in [-0.15, -0.1) is 0 Å². The monoisotopic (exact) mass is 454 g/mol. The normalized spacial score (nSPS) is 28.7. The number of rotatable bonds is 6. The number of hydrogen-bond donors (Lipinski definition) is 1. The van der Waals surface area contributed by atoms with E-state index >= 15 is 0 Å². The van der Waals surface area contributed by atoms with Crippen LogP contribution < -0.4 is 10.1 Å². The molecule has 8 heteroatoms. The maximum atomic E-state index is 13.2. The van der Waals surface area contributed by atoms with Crippen molar-refractivity contribution in [3.63, 3.8) is 0 Å². The second-order valence-electron chi connectivity index (χ2n) is 8.05. The van der Waals surface area contributed by atoms with Crippen LogP contribution in [-0.2, 0) is 34.0 Å². The van der Waals surface area contributed by atoms with Gasteiger partial charge in [0.15, 0.2) is 0 Å². The lowest BCUT2D eigenvalue weighted by Gasteiger charge is -2.29. The molecule has 0 spiro atoms. The van der Waals surface area contributed by atoms with Crippen molar-refractivity contribution in [1.29, 1.82) is 0 Å². The summed E-state index contributed by atoms with van der Waals surface area (Å²) in [5.74, 6) is -3.38. The Hall–Kier alpha value is -3.23. The van der Waals surface area contributed by atoms with Crippen LogP contribution in [0.1, 0.15) is 46.6 Å². The predicted octanol–water partition coefficient (Wildman–Crippen LogP) is 1.86. The minimum atomic E-state index is -3.32.